The van der Waals surface area contributed by atoms with Crippen molar-refractivity contribution in [3.8, 4) is 0 Å². The quantitative estimate of drug-likeness (QED) is 0.715. The first kappa shape index (κ1) is 12.6. The van der Waals surface area contributed by atoms with E-state index in [-0.39, 0.29) is 11.8 Å². The van der Waals surface area contributed by atoms with E-state index in [0.717, 1.165) is 37.2 Å². The van der Waals surface area contributed by atoms with Gasteiger partial charge in [-0.15, -0.1) is 0 Å². The van der Waals surface area contributed by atoms with Gasteiger partial charge >= 0.3 is 0 Å². The van der Waals surface area contributed by atoms with Gasteiger partial charge in [-0.2, -0.15) is 0 Å². The molecular formula is C16H21NO2. The highest BCUT2D eigenvalue weighted by Gasteiger charge is 2.38. The van der Waals surface area contributed by atoms with Gasteiger partial charge in [0, 0.05) is 17.7 Å². The van der Waals surface area contributed by atoms with Crippen molar-refractivity contribution in [2.45, 2.75) is 45.4 Å². The van der Waals surface area contributed by atoms with E-state index in [0.29, 0.717) is 18.0 Å². The number of carbonyl (C=O) groups excluding carboxylic acids is 2. The first-order chi connectivity index (χ1) is 9.16. The molecule has 3 nitrogen and oxygen atoms in total. The Morgan fingerprint density at radius 1 is 1.16 bits per heavy atom. The second-order valence-corrected chi connectivity index (χ2v) is 6.18. The molecule has 0 saturated heterocycles. The molecule has 0 aromatic heterocycles. The first-order valence-corrected chi connectivity index (χ1v) is 7.42. The molecule has 0 aromatic rings. The Balaban J connectivity index is 1.69. The highest BCUT2D eigenvalue weighted by molar-refractivity contribution is 6.20. The van der Waals surface area contributed by atoms with E-state index in [1.54, 1.807) is 0 Å². The number of hydrogen-bond donors (Lipinski definition) is 0. The molecule has 0 aromatic carbocycles. The Morgan fingerprint density at radius 2 is 1.89 bits per heavy atom. The van der Waals surface area contributed by atoms with Crippen LogP contribution in [0.15, 0.2) is 23.3 Å². The molecule has 3 heteroatoms. The molecule has 2 aliphatic carbocycles. The normalized spacial score (nSPS) is 31.1. The standard InChI is InChI=1S/C16H21NO2/c1-11-6-8-12(9-7-11)10-17-15(18)13-4-2-3-5-14(13)16(17)19/h2,4,11-12H,3,5-10H2,1H3. The van der Waals surface area contributed by atoms with E-state index in [2.05, 4.69) is 6.92 Å². The Kier molecular flexibility index (Phi) is 3.29. The van der Waals surface area contributed by atoms with Crippen LogP contribution in [0.3, 0.4) is 0 Å². The summed E-state index contributed by atoms with van der Waals surface area (Å²) in [6.45, 7) is 2.92. The van der Waals surface area contributed by atoms with E-state index in [9.17, 15) is 9.59 Å². The van der Waals surface area contributed by atoms with Gasteiger partial charge in [-0.25, -0.2) is 0 Å². The summed E-state index contributed by atoms with van der Waals surface area (Å²) in [5, 5.41) is 0. The monoisotopic (exact) mass is 259 g/mol. The van der Waals surface area contributed by atoms with Gasteiger partial charge in [0.05, 0.1) is 0 Å². The van der Waals surface area contributed by atoms with Crippen molar-refractivity contribution >= 4 is 11.8 Å². The topological polar surface area (TPSA) is 37.4 Å². The lowest BCUT2D eigenvalue weighted by molar-refractivity contribution is -0.138. The maximum atomic E-state index is 12.3. The number of imide groups is 1. The van der Waals surface area contributed by atoms with Gasteiger partial charge in [0.25, 0.3) is 11.8 Å². The van der Waals surface area contributed by atoms with E-state index < -0.39 is 0 Å². The number of rotatable bonds is 2. The average Bonchev–Trinajstić information content (AvgIpc) is 2.67. The minimum Gasteiger partial charge on any atom is -0.274 e. The zero-order valence-electron chi connectivity index (χ0n) is 11.5. The summed E-state index contributed by atoms with van der Waals surface area (Å²) in [7, 11) is 0. The third-order valence-corrected chi connectivity index (χ3v) is 4.73. The predicted molar refractivity (Wildman–Crippen MR) is 73.2 cm³/mol. The SMILES string of the molecule is CC1CCC(CN2C(=O)C3=C(CCC=C3)C2=O)CC1. The number of hydrogen-bond acceptors (Lipinski definition) is 2. The van der Waals surface area contributed by atoms with E-state index in [1.807, 2.05) is 12.2 Å². The van der Waals surface area contributed by atoms with Gasteiger partial charge < -0.3 is 0 Å². The summed E-state index contributed by atoms with van der Waals surface area (Å²) in [6, 6.07) is 0. The minimum absolute atomic E-state index is 0.0250. The molecule has 0 spiro atoms. The zero-order chi connectivity index (χ0) is 13.4. The third-order valence-electron chi connectivity index (χ3n) is 4.73. The van der Waals surface area contributed by atoms with Crippen molar-refractivity contribution in [1.82, 2.24) is 4.90 Å². The lowest BCUT2D eigenvalue weighted by atomic mass is 9.83. The molecule has 0 atom stereocenters. The maximum Gasteiger partial charge on any atom is 0.261 e. The smallest absolute Gasteiger partial charge is 0.261 e. The Labute approximate surface area is 114 Å². The largest absolute Gasteiger partial charge is 0.274 e. The van der Waals surface area contributed by atoms with Gasteiger partial charge in [-0.1, -0.05) is 31.9 Å². The molecular weight excluding hydrogens is 238 g/mol. The average molecular weight is 259 g/mol. The van der Waals surface area contributed by atoms with Crippen LogP contribution in [0.1, 0.15) is 45.4 Å². The fourth-order valence-electron chi connectivity index (χ4n) is 3.42. The lowest BCUT2D eigenvalue weighted by Gasteiger charge is -2.29. The summed E-state index contributed by atoms with van der Waals surface area (Å²) in [5.41, 5.74) is 1.40. The number of nitrogens with zero attached hydrogens (tertiary/aromatic N) is 1. The highest BCUT2D eigenvalue weighted by Crippen LogP contribution is 2.33. The third kappa shape index (κ3) is 2.26. The molecule has 102 valence electrons. The van der Waals surface area contributed by atoms with Crippen LogP contribution in [0.5, 0.6) is 0 Å². The van der Waals surface area contributed by atoms with Crippen LogP contribution in [0.25, 0.3) is 0 Å². The summed E-state index contributed by atoms with van der Waals surface area (Å²) in [6.07, 6.45) is 10.2. The number of amides is 2. The van der Waals surface area contributed by atoms with Crippen molar-refractivity contribution in [3.63, 3.8) is 0 Å². The second kappa shape index (κ2) is 4.95. The van der Waals surface area contributed by atoms with Gasteiger partial charge in [-0.05, 0) is 37.5 Å². The van der Waals surface area contributed by atoms with Crippen LogP contribution in [-0.2, 0) is 9.59 Å². The van der Waals surface area contributed by atoms with Crippen molar-refractivity contribution < 1.29 is 9.59 Å². The zero-order valence-corrected chi connectivity index (χ0v) is 11.5. The van der Waals surface area contributed by atoms with Gasteiger partial charge in [0.1, 0.15) is 0 Å². The minimum atomic E-state index is -0.0606. The summed E-state index contributed by atoms with van der Waals surface area (Å²) < 4.78 is 0. The second-order valence-electron chi connectivity index (χ2n) is 6.18. The molecule has 0 unspecified atom stereocenters. The molecule has 1 aliphatic heterocycles. The van der Waals surface area contributed by atoms with Gasteiger partial charge in [-0.3, -0.25) is 14.5 Å². The Bertz CT molecular complexity index is 467. The van der Waals surface area contributed by atoms with Crippen LogP contribution in [0, 0.1) is 11.8 Å². The van der Waals surface area contributed by atoms with Crippen molar-refractivity contribution in [3.05, 3.63) is 23.3 Å². The van der Waals surface area contributed by atoms with E-state index in [4.69, 9.17) is 0 Å². The molecule has 1 fully saturated rings. The van der Waals surface area contributed by atoms with E-state index in [1.165, 1.54) is 17.7 Å². The molecule has 1 heterocycles. The van der Waals surface area contributed by atoms with E-state index >= 15 is 0 Å². The van der Waals surface area contributed by atoms with Crippen LogP contribution >= 0.6 is 0 Å². The summed E-state index contributed by atoms with van der Waals surface area (Å²) >= 11 is 0. The van der Waals surface area contributed by atoms with Crippen molar-refractivity contribution in [2.24, 2.45) is 11.8 Å². The Hall–Kier alpha value is -1.38. The summed E-state index contributed by atoms with van der Waals surface area (Å²) in [5.74, 6) is 1.22. The molecule has 3 rings (SSSR count). The molecule has 0 bridgehead atoms. The van der Waals surface area contributed by atoms with Gasteiger partial charge in [0.15, 0.2) is 0 Å². The predicted octanol–water partition coefficient (Wildman–Crippen LogP) is 2.83. The molecule has 2 amide bonds. The van der Waals surface area contributed by atoms with Crippen molar-refractivity contribution in [2.75, 3.05) is 6.54 Å². The fraction of sp³-hybridized carbons (Fsp3) is 0.625. The number of allylic oxidation sites excluding steroid dienone is 1. The molecule has 19 heavy (non-hydrogen) atoms. The van der Waals surface area contributed by atoms with Crippen LogP contribution in [-0.4, -0.2) is 23.3 Å². The first-order valence-electron chi connectivity index (χ1n) is 7.42. The van der Waals surface area contributed by atoms with Crippen molar-refractivity contribution in [1.29, 1.82) is 0 Å². The van der Waals surface area contributed by atoms with Crippen LogP contribution in [0.2, 0.25) is 0 Å². The number of carbonyl (C=O) groups is 2. The molecule has 1 saturated carbocycles. The van der Waals surface area contributed by atoms with Gasteiger partial charge in [0.2, 0.25) is 0 Å². The molecule has 0 N–H and O–H groups in total. The van der Waals surface area contributed by atoms with Crippen LogP contribution in [0.4, 0.5) is 0 Å². The maximum absolute atomic E-state index is 12.3. The fourth-order valence-corrected chi connectivity index (χ4v) is 3.42. The molecule has 3 aliphatic rings. The summed E-state index contributed by atoms with van der Waals surface area (Å²) in [4.78, 5) is 26.1. The van der Waals surface area contributed by atoms with Crippen LogP contribution < -0.4 is 0 Å². The lowest BCUT2D eigenvalue weighted by Crippen LogP contribution is -2.37. The molecule has 0 radical (unpaired) electrons. The highest BCUT2D eigenvalue weighted by atomic mass is 16.2. The Morgan fingerprint density at radius 3 is 2.58 bits per heavy atom.